The van der Waals surface area contributed by atoms with Crippen molar-refractivity contribution >= 4 is 17.0 Å². The lowest BCUT2D eigenvalue weighted by Gasteiger charge is -2.16. The first-order chi connectivity index (χ1) is 8.16. The molecular formula is C13H17N3S. The van der Waals surface area contributed by atoms with Crippen molar-refractivity contribution in [2.24, 2.45) is 5.73 Å². The quantitative estimate of drug-likeness (QED) is 0.902. The van der Waals surface area contributed by atoms with Gasteiger partial charge in [-0.3, -0.25) is 0 Å². The molecule has 90 valence electrons. The first kappa shape index (κ1) is 12.1. The third-order valence-electron chi connectivity index (χ3n) is 2.69. The molecule has 2 rings (SSSR count). The molecule has 0 saturated carbocycles. The summed E-state index contributed by atoms with van der Waals surface area (Å²) in [6, 6.07) is 8.36. The summed E-state index contributed by atoms with van der Waals surface area (Å²) < 4.78 is 0. The lowest BCUT2D eigenvalue weighted by atomic mass is 10.0. The van der Waals surface area contributed by atoms with Gasteiger partial charge >= 0.3 is 0 Å². The molecule has 0 spiro atoms. The van der Waals surface area contributed by atoms with E-state index in [0.29, 0.717) is 0 Å². The second-order valence-corrected chi connectivity index (χ2v) is 5.20. The van der Waals surface area contributed by atoms with Crippen molar-refractivity contribution in [2.75, 3.05) is 19.0 Å². The van der Waals surface area contributed by atoms with Gasteiger partial charge in [-0.05, 0) is 17.7 Å². The van der Waals surface area contributed by atoms with Gasteiger partial charge in [-0.15, -0.1) is 11.3 Å². The Morgan fingerprint density at radius 3 is 2.88 bits per heavy atom. The summed E-state index contributed by atoms with van der Waals surface area (Å²) in [5.74, 6) is 0. The monoisotopic (exact) mass is 247 g/mol. The zero-order valence-corrected chi connectivity index (χ0v) is 10.9. The molecule has 0 aliphatic rings. The number of benzene rings is 1. The minimum Gasteiger partial charge on any atom is -0.378 e. The van der Waals surface area contributed by atoms with Gasteiger partial charge in [-0.2, -0.15) is 0 Å². The third-order valence-corrected chi connectivity index (χ3v) is 3.49. The Morgan fingerprint density at radius 1 is 1.41 bits per heavy atom. The average molecular weight is 247 g/mol. The van der Waals surface area contributed by atoms with Gasteiger partial charge in [0.25, 0.3) is 0 Å². The van der Waals surface area contributed by atoms with Crippen LogP contribution in [0.5, 0.6) is 0 Å². The summed E-state index contributed by atoms with van der Waals surface area (Å²) in [4.78, 5) is 6.35. The van der Waals surface area contributed by atoms with Crippen LogP contribution in [0.15, 0.2) is 35.8 Å². The summed E-state index contributed by atoms with van der Waals surface area (Å²) >= 11 is 1.65. The standard InChI is InChI=1S/C13H17N3S/c1-16(2)11-5-3-4-10(8-11)12(14)9-13-15-6-7-17-13/h3-8,12H,9,14H2,1-2H3. The highest BCUT2D eigenvalue weighted by atomic mass is 32.1. The SMILES string of the molecule is CN(C)c1cccc(C(N)Cc2nccs2)c1. The predicted molar refractivity (Wildman–Crippen MR) is 73.5 cm³/mol. The summed E-state index contributed by atoms with van der Waals surface area (Å²) in [5, 5.41) is 3.07. The molecule has 17 heavy (non-hydrogen) atoms. The van der Waals surface area contributed by atoms with E-state index in [1.54, 1.807) is 11.3 Å². The lowest BCUT2D eigenvalue weighted by Crippen LogP contribution is -2.15. The number of aromatic nitrogens is 1. The van der Waals surface area contributed by atoms with Crippen LogP contribution >= 0.6 is 11.3 Å². The first-order valence-corrected chi connectivity index (χ1v) is 6.46. The maximum absolute atomic E-state index is 6.20. The van der Waals surface area contributed by atoms with Crippen molar-refractivity contribution in [3.05, 3.63) is 46.4 Å². The van der Waals surface area contributed by atoms with E-state index in [9.17, 15) is 0 Å². The van der Waals surface area contributed by atoms with Crippen molar-refractivity contribution in [1.29, 1.82) is 0 Å². The Morgan fingerprint density at radius 2 is 2.24 bits per heavy atom. The van der Waals surface area contributed by atoms with Crippen LogP contribution < -0.4 is 10.6 Å². The molecular weight excluding hydrogens is 230 g/mol. The van der Waals surface area contributed by atoms with Crippen LogP contribution in [0.1, 0.15) is 16.6 Å². The molecule has 1 aromatic heterocycles. The fraction of sp³-hybridized carbons (Fsp3) is 0.308. The second kappa shape index (κ2) is 5.29. The topological polar surface area (TPSA) is 42.1 Å². The number of hydrogen-bond acceptors (Lipinski definition) is 4. The second-order valence-electron chi connectivity index (χ2n) is 4.23. The molecule has 0 aliphatic heterocycles. The van der Waals surface area contributed by atoms with Crippen LogP contribution in [-0.4, -0.2) is 19.1 Å². The van der Waals surface area contributed by atoms with Crippen LogP contribution in [0.25, 0.3) is 0 Å². The number of nitrogens with two attached hydrogens (primary N) is 1. The number of anilines is 1. The van der Waals surface area contributed by atoms with Crippen molar-refractivity contribution in [2.45, 2.75) is 12.5 Å². The summed E-state index contributed by atoms with van der Waals surface area (Å²) in [7, 11) is 4.07. The summed E-state index contributed by atoms with van der Waals surface area (Å²) in [6.07, 6.45) is 2.62. The maximum atomic E-state index is 6.20. The Labute approximate surface area is 106 Å². The molecule has 0 amide bonds. The van der Waals surface area contributed by atoms with Crippen molar-refractivity contribution in [1.82, 2.24) is 4.98 Å². The molecule has 1 aromatic carbocycles. The molecule has 0 bridgehead atoms. The van der Waals surface area contributed by atoms with E-state index in [4.69, 9.17) is 5.73 Å². The Bertz CT molecular complexity index is 465. The lowest BCUT2D eigenvalue weighted by molar-refractivity contribution is 0.718. The number of hydrogen-bond donors (Lipinski definition) is 1. The molecule has 0 radical (unpaired) electrons. The highest BCUT2D eigenvalue weighted by molar-refractivity contribution is 7.09. The van der Waals surface area contributed by atoms with Gasteiger partial charge in [0.15, 0.2) is 0 Å². The zero-order valence-electron chi connectivity index (χ0n) is 10.1. The van der Waals surface area contributed by atoms with Gasteiger partial charge < -0.3 is 10.6 Å². The molecule has 4 heteroatoms. The number of rotatable bonds is 4. The highest BCUT2D eigenvalue weighted by Crippen LogP contribution is 2.21. The van der Waals surface area contributed by atoms with Crippen LogP contribution in [-0.2, 0) is 6.42 Å². The smallest absolute Gasteiger partial charge is 0.0943 e. The number of nitrogens with zero attached hydrogens (tertiary/aromatic N) is 2. The van der Waals surface area contributed by atoms with Crippen molar-refractivity contribution in [3.63, 3.8) is 0 Å². The molecule has 1 atom stereocenters. The molecule has 0 saturated heterocycles. The van der Waals surface area contributed by atoms with E-state index in [-0.39, 0.29) is 6.04 Å². The van der Waals surface area contributed by atoms with Gasteiger partial charge in [-0.1, -0.05) is 12.1 Å². The maximum Gasteiger partial charge on any atom is 0.0943 e. The fourth-order valence-electron chi connectivity index (χ4n) is 1.69. The van der Waals surface area contributed by atoms with Crippen molar-refractivity contribution in [3.8, 4) is 0 Å². The minimum atomic E-state index is 0.0149. The zero-order chi connectivity index (χ0) is 12.3. The molecule has 2 aromatic rings. The van der Waals surface area contributed by atoms with E-state index in [1.165, 1.54) is 5.69 Å². The Hall–Kier alpha value is -1.39. The van der Waals surface area contributed by atoms with E-state index in [0.717, 1.165) is 17.0 Å². The summed E-state index contributed by atoms with van der Waals surface area (Å²) in [6.45, 7) is 0. The molecule has 1 heterocycles. The Balaban J connectivity index is 2.13. The van der Waals surface area contributed by atoms with Crippen LogP contribution in [0.3, 0.4) is 0 Å². The van der Waals surface area contributed by atoms with Crippen LogP contribution in [0.2, 0.25) is 0 Å². The fourth-order valence-corrected chi connectivity index (χ4v) is 2.37. The molecule has 3 nitrogen and oxygen atoms in total. The Kier molecular flexibility index (Phi) is 3.76. The minimum absolute atomic E-state index is 0.0149. The van der Waals surface area contributed by atoms with Gasteiger partial charge in [0.05, 0.1) is 5.01 Å². The van der Waals surface area contributed by atoms with Gasteiger partial charge in [-0.25, -0.2) is 4.98 Å². The normalized spacial score (nSPS) is 12.4. The van der Waals surface area contributed by atoms with Crippen LogP contribution in [0.4, 0.5) is 5.69 Å². The predicted octanol–water partition coefficient (Wildman–Crippen LogP) is 2.45. The van der Waals surface area contributed by atoms with E-state index >= 15 is 0 Å². The molecule has 1 unspecified atom stereocenters. The average Bonchev–Trinajstić information content (AvgIpc) is 2.82. The molecule has 2 N–H and O–H groups in total. The molecule has 0 aliphatic carbocycles. The van der Waals surface area contributed by atoms with E-state index < -0.39 is 0 Å². The van der Waals surface area contributed by atoms with Crippen LogP contribution in [0, 0.1) is 0 Å². The largest absolute Gasteiger partial charge is 0.378 e. The van der Waals surface area contributed by atoms with Crippen molar-refractivity contribution < 1.29 is 0 Å². The molecule has 0 fully saturated rings. The third kappa shape index (κ3) is 3.05. The van der Waals surface area contributed by atoms with Gasteiger partial charge in [0.1, 0.15) is 0 Å². The highest BCUT2D eigenvalue weighted by Gasteiger charge is 2.09. The van der Waals surface area contributed by atoms with Gasteiger partial charge in [0.2, 0.25) is 0 Å². The van der Waals surface area contributed by atoms with Gasteiger partial charge in [0, 0.05) is 43.8 Å². The number of thiazole rings is 1. The summed E-state index contributed by atoms with van der Waals surface area (Å²) in [5.41, 5.74) is 8.54. The van der Waals surface area contributed by atoms with E-state index in [2.05, 4.69) is 28.1 Å². The van der Waals surface area contributed by atoms with E-state index in [1.807, 2.05) is 31.7 Å². The first-order valence-electron chi connectivity index (χ1n) is 5.58.